The number of aryl methyl sites for hydroxylation is 2. The van der Waals surface area contributed by atoms with Crippen LogP contribution >= 0.6 is 0 Å². The van der Waals surface area contributed by atoms with Crippen LogP contribution in [0, 0.1) is 13.8 Å². The van der Waals surface area contributed by atoms with E-state index in [1.165, 1.54) is 20.5 Å². The SMILES string of the molecule is CCC(O)c1cc(C)c(OCc2ccccc2/C(=C/OC)C(=O)OC)cc1C. The molecule has 0 saturated heterocycles. The molecule has 1 atom stereocenters. The summed E-state index contributed by atoms with van der Waals surface area (Å²) in [4.78, 5) is 12.1. The Labute approximate surface area is 166 Å². The van der Waals surface area contributed by atoms with E-state index in [0.29, 0.717) is 17.6 Å². The molecule has 1 unspecified atom stereocenters. The summed E-state index contributed by atoms with van der Waals surface area (Å²) in [6.45, 7) is 6.15. The number of methoxy groups -OCH3 is 2. The van der Waals surface area contributed by atoms with Crippen molar-refractivity contribution in [2.75, 3.05) is 14.2 Å². The van der Waals surface area contributed by atoms with Crippen LogP contribution in [-0.2, 0) is 20.9 Å². The van der Waals surface area contributed by atoms with E-state index in [9.17, 15) is 9.90 Å². The minimum absolute atomic E-state index is 0.282. The third-order valence-electron chi connectivity index (χ3n) is 4.64. The second-order valence-electron chi connectivity index (χ2n) is 6.60. The molecular weight excluding hydrogens is 356 g/mol. The molecule has 0 amide bonds. The highest BCUT2D eigenvalue weighted by atomic mass is 16.5. The van der Waals surface area contributed by atoms with Crippen molar-refractivity contribution in [1.29, 1.82) is 0 Å². The summed E-state index contributed by atoms with van der Waals surface area (Å²) < 4.78 is 16.0. The summed E-state index contributed by atoms with van der Waals surface area (Å²) in [7, 11) is 2.82. The first-order valence-corrected chi connectivity index (χ1v) is 9.24. The van der Waals surface area contributed by atoms with Gasteiger partial charge in [0, 0.05) is 0 Å². The first-order valence-electron chi connectivity index (χ1n) is 9.24. The molecule has 5 heteroatoms. The van der Waals surface area contributed by atoms with Crippen molar-refractivity contribution in [2.45, 2.75) is 39.9 Å². The molecule has 2 aromatic carbocycles. The molecular formula is C23H28O5. The van der Waals surface area contributed by atoms with Crippen molar-refractivity contribution in [3.05, 3.63) is 70.5 Å². The molecule has 150 valence electrons. The zero-order valence-corrected chi connectivity index (χ0v) is 17.1. The molecule has 0 aliphatic heterocycles. The third kappa shape index (κ3) is 4.93. The quantitative estimate of drug-likeness (QED) is 0.413. The van der Waals surface area contributed by atoms with Gasteiger partial charge in [-0.1, -0.05) is 31.2 Å². The van der Waals surface area contributed by atoms with Crippen molar-refractivity contribution in [3.8, 4) is 5.75 Å². The molecule has 0 aromatic heterocycles. The van der Waals surface area contributed by atoms with Crippen LogP contribution in [-0.4, -0.2) is 25.3 Å². The van der Waals surface area contributed by atoms with E-state index in [0.717, 1.165) is 28.0 Å². The predicted molar refractivity (Wildman–Crippen MR) is 109 cm³/mol. The first-order chi connectivity index (χ1) is 13.4. The molecule has 1 N–H and O–H groups in total. The van der Waals surface area contributed by atoms with Gasteiger partial charge in [0.15, 0.2) is 0 Å². The third-order valence-corrected chi connectivity index (χ3v) is 4.64. The Morgan fingerprint density at radius 1 is 1.14 bits per heavy atom. The van der Waals surface area contributed by atoms with Crippen LogP contribution in [0.5, 0.6) is 5.75 Å². The Bertz CT molecular complexity index is 854. The van der Waals surface area contributed by atoms with Gasteiger partial charge in [0.25, 0.3) is 0 Å². The molecule has 0 fully saturated rings. The van der Waals surface area contributed by atoms with E-state index in [4.69, 9.17) is 14.2 Å². The standard InChI is InChI=1S/C23H28O5/c1-6-21(24)19-11-16(3)22(12-15(19)2)28-13-17-9-7-8-10-18(17)20(14-26-4)23(25)27-5/h7-12,14,21,24H,6,13H2,1-5H3/b20-14-. The van der Waals surface area contributed by atoms with Gasteiger partial charge in [-0.25, -0.2) is 4.79 Å². The summed E-state index contributed by atoms with van der Waals surface area (Å²) in [5.41, 5.74) is 4.72. The molecule has 2 aromatic rings. The Balaban J connectivity index is 2.30. The van der Waals surface area contributed by atoms with Crippen LogP contribution in [0.4, 0.5) is 0 Å². The van der Waals surface area contributed by atoms with Gasteiger partial charge in [-0.15, -0.1) is 0 Å². The highest BCUT2D eigenvalue weighted by molar-refractivity contribution is 6.16. The molecule has 5 nitrogen and oxygen atoms in total. The van der Waals surface area contributed by atoms with Crippen LogP contribution in [0.2, 0.25) is 0 Å². The van der Waals surface area contributed by atoms with Gasteiger partial charge in [0.2, 0.25) is 0 Å². The second-order valence-corrected chi connectivity index (χ2v) is 6.60. The predicted octanol–water partition coefficient (Wildman–Crippen LogP) is 4.49. The van der Waals surface area contributed by atoms with Crippen LogP contribution in [0.3, 0.4) is 0 Å². The number of esters is 1. The Hall–Kier alpha value is -2.79. The molecule has 0 bridgehead atoms. The summed E-state index contributed by atoms with van der Waals surface area (Å²) in [5.74, 6) is 0.272. The lowest BCUT2D eigenvalue weighted by Gasteiger charge is -2.17. The van der Waals surface area contributed by atoms with Crippen molar-refractivity contribution >= 4 is 11.5 Å². The van der Waals surface area contributed by atoms with Crippen molar-refractivity contribution in [1.82, 2.24) is 0 Å². The summed E-state index contributed by atoms with van der Waals surface area (Å²) in [6, 6.07) is 11.4. The normalized spacial score (nSPS) is 12.4. The monoisotopic (exact) mass is 384 g/mol. The second kappa shape index (κ2) is 9.95. The molecule has 0 aliphatic rings. The number of hydrogen-bond acceptors (Lipinski definition) is 5. The largest absolute Gasteiger partial charge is 0.503 e. The summed E-state index contributed by atoms with van der Waals surface area (Å²) >= 11 is 0. The maximum atomic E-state index is 12.1. The van der Waals surface area contributed by atoms with Crippen LogP contribution in [0.15, 0.2) is 42.7 Å². The Morgan fingerprint density at radius 3 is 2.50 bits per heavy atom. The van der Waals surface area contributed by atoms with Gasteiger partial charge in [0.05, 0.1) is 26.6 Å². The molecule has 0 heterocycles. The summed E-state index contributed by atoms with van der Waals surface area (Å²) in [6.07, 6.45) is 1.56. The van der Waals surface area contributed by atoms with E-state index in [-0.39, 0.29) is 6.61 Å². The van der Waals surface area contributed by atoms with Crippen molar-refractivity contribution < 1.29 is 24.1 Å². The van der Waals surface area contributed by atoms with E-state index in [2.05, 4.69) is 0 Å². The fraction of sp³-hybridized carbons (Fsp3) is 0.348. The van der Waals surface area contributed by atoms with Crippen molar-refractivity contribution in [2.24, 2.45) is 0 Å². The number of carbonyl (C=O) groups is 1. The molecule has 0 spiro atoms. The van der Waals surface area contributed by atoms with E-state index >= 15 is 0 Å². The van der Waals surface area contributed by atoms with Gasteiger partial charge in [0.1, 0.15) is 17.9 Å². The lowest BCUT2D eigenvalue weighted by Crippen LogP contribution is -2.09. The lowest BCUT2D eigenvalue weighted by atomic mass is 9.98. The van der Waals surface area contributed by atoms with E-state index < -0.39 is 12.1 Å². The number of carbonyl (C=O) groups excluding carboxylic acids is 1. The van der Waals surface area contributed by atoms with Gasteiger partial charge >= 0.3 is 5.97 Å². The van der Waals surface area contributed by atoms with Gasteiger partial charge in [-0.3, -0.25) is 0 Å². The average Bonchev–Trinajstić information content (AvgIpc) is 2.71. The minimum Gasteiger partial charge on any atom is -0.503 e. The molecule has 0 aliphatic carbocycles. The number of benzene rings is 2. The average molecular weight is 384 g/mol. The van der Waals surface area contributed by atoms with Crippen LogP contribution in [0.25, 0.3) is 5.57 Å². The number of rotatable bonds is 8. The highest BCUT2D eigenvalue weighted by Gasteiger charge is 2.17. The van der Waals surface area contributed by atoms with Gasteiger partial charge in [-0.05, 0) is 60.2 Å². The lowest BCUT2D eigenvalue weighted by molar-refractivity contribution is -0.133. The fourth-order valence-electron chi connectivity index (χ4n) is 3.06. The number of ether oxygens (including phenoxy) is 3. The fourth-order valence-corrected chi connectivity index (χ4v) is 3.06. The van der Waals surface area contributed by atoms with Gasteiger partial charge in [-0.2, -0.15) is 0 Å². The molecule has 2 rings (SSSR count). The minimum atomic E-state index is -0.477. The topological polar surface area (TPSA) is 65.0 Å². The molecule has 28 heavy (non-hydrogen) atoms. The van der Waals surface area contributed by atoms with Crippen LogP contribution < -0.4 is 4.74 Å². The Kier molecular flexibility index (Phi) is 7.64. The van der Waals surface area contributed by atoms with Crippen LogP contribution in [0.1, 0.15) is 47.3 Å². The van der Waals surface area contributed by atoms with E-state index in [1.807, 2.05) is 57.2 Å². The smallest absolute Gasteiger partial charge is 0.341 e. The first kappa shape index (κ1) is 21.5. The van der Waals surface area contributed by atoms with E-state index in [1.54, 1.807) is 0 Å². The number of aliphatic hydroxyl groups is 1. The zero-order valence-electron chi connectivity index (χ0n) is 17.1. The van der Waals surface area contributed by atoms with Gasteiger partial charge < -0.3 is 19.3 Å². The zero-order chi connectivity index (χ0) is 20.7. The maximum Gasteiger partial charge on any atom is 0.341 e. The molecule has 0 saturated carbocycles. The highest BCUT2D eigenvalue weighted by Crippen LogP contribution is 2.29. The maximum absolute atomic E-state index is 12.1. The van der Waals surface area contributed by atoms with Crippen molar-refractivity contribution in [3.63, 3.8) is 0 Å². The number of hydrogen-bond donors (Lipinski definition) is 1. The molecule has 0 radical (unpaired) electrons. The number of aliphatic hydroxyl groups excluding tert-OH is 1. The summed E-state index contributed by atoms with van der Waals surface area (Å²) in [5, 5.41) is 10.2. The Morgan fingerprint density at radius 2 is 1.86 bits per heavy atom.